The van der Waals surface area contributed by atoms with E-state index in [9.17, 15) is 29.1 Å². The van der Waals surface area contributed by atoms with Gasteiger partial charge in [0.05, 0.1) is 13.0 Å². The van der Waals surface area contributed by atoms with E-state index >= 15 is 0 Å². The van der Waals surface area contributed by atoms with E-state index in [0.29, 0.717) is 5.56 Å². The Morgan fingerprint density at radius 1 is 0.789 bits per heavy atom. The molecule has 3 amide bonds. The summed E-state index contributed by atoms with van der Waals surface area (Å²) >= 11 is 0. The fourth-order valence-corrected chi connectivity index (χ4v) is 3.96. The fourth-order valence-electron chi connectivity index (χ4n) is 3.96. The maximum atomic E-state index is 13.3. The predicted molar refractivity (Wildman–Crippen MR) is 137 cm³/mol. The normalized spacial score (nSPS) is 13.2. The summed E-state index contributed by atoms with van der Waals surface area (Å²) in [6.07, 6.45) is 0.888. The smallest absolute Gasteiger partial charge is 0.326 e. The molecule has 0 radical (unpaired) electrons. The van der Waals surface area contributed by atoms with E-state index in [0.717, 1.165) is 16.5 Å². The third-order valence-corrected chi connectivity index (χ3v) is 5.85. The van der Waals surface area contributed by atoms with E-state index in [4.69, 9.17) is 10.8 Å². The van der Waals surface area contributed by atoms with Crippen molar-refractivity contribution in [2.24, 2.45) is 5.73 Å². The molecule has 12 nitrogen and oxygen atoms in total. The zero-order valence-corrected chi connectivity index (χ0v) is 20.3. The number of carbonyl (C=O) groups is 5. The number of amides is 3. The first-order chi connectivity index (χ1) is 18.2. The van der Waals surface area contributed by atoms with Crippen LogP contribution in [0.15, 0.2) is 60.8 Å². The van der Waals surface area contributed by atoms with Gasteiger partial charge < -0.3 is 36.9 Å². The number of rotatable bonds is 13. The molecular weight excluding hydrogens is 494 g/mol. The van der Waals surface area contributed by atoms with Gasteiger partial charge in [-0.05, 0) is 17.2 Å². The summed E-state index contributed by atoms with van der Waals surface area (Å²) in [7, 11) is 0. The number of para-hydroxylation sites is 1. The number of carboxylic acids is 2. The molecule has 0 aliphatic rings. The highest BCUT2D eigenvalue weighted by Gasteiger charge is 2.31. The maximum absolute atomic E-state index is 13.3. The summed E-state index contributed by atoms with van der Waals surface area (Å²) in [4.78, 5) is 64.3. The van der Waals surface area contributed by atoms with Gasteiger partial charge in [-0.3, -0.25) is 19.2 Å². The second-order valence-electron chi connectivity index (χ2n) is 8.64. The molecule has 1 heterocycles. The zero-order valence-electron chi connectivity index (χ0n) is 20.3. The maximum Gasteiger partial charge on any atom is 0.326 e. The second-order valence-corrected chi connectivity index (χ2v) is 8.64. The lowest BCUT2D eigenvalue weighted by molar-refractivity contribution is -0.147. The van der Waals surface area contributed by atoms with E-state index in [1.165, 1.54) is 0 Å². The average molecular weight is 524 g/mol. The number of aromatic nitrogens is 1. The number of fused-ring (bicyclic) bond motifs is 1. The molecule has 0 saturated heterocycles. The van der Waals surface area contributed by atoms with Crippen LogP contribution in [0.3, 0.4) is 0 Å². The number of benzene rings is 2. The molecule has 3 atom stereocenters. The zero-order chi connectivity index (χ0) is 27.7. The van der Waals surface area contributed by atoms with Crippen LogP contribution in [-0.2, 0) is 36.8 Å². The first kappa shape index (κ1) is 27.9. The largest absolute Gasteiger partial charge is 0.481 e. The quantitative estimate of drug-likeness (QED) is 0.161. The number of carboxylic acid groups (broad SMARTS) is 2. The third kappa shape index (κ3) is 7.64. The van der Waals surface area contributed by atoms with E-state index in [1.54, 1.807) is 42.6 Å². The van der Waals surface area contributed by atoms with Gasteiger partial charge in [-0.2, -0.15) is 0 Å². The summed E-state index contributed by atoms with van der Waals surface area (Å²) in [5.74, 6) is -5.11. The highest BCUT2D eigenvalue weighted by molar-refractivity contribution is 5.95. The van der Waals surface area contributed by atoms with Gasteiger partial charge in [-0.15, -0.1) is 0 Å². The van der Waals surface area contributed by atoms with Crippen molar-refractivity contribution in [2.75, 3.05) is 6.54 Å². The lowest BCUT2D eigenvalue weighted by Crippen LogP contribution is -2.57. The Bertz CT molecular complexity index is 1310. The molecule has 12 heteroatoms. The van der Waals surface area contributed by atoms with Crippen LogP contribution in [0.2, 0.25) is 0 Å². The molecule has 0 aliphatic carbocycles. The van der Waals surface area contributed by atoms with Crippen molar-refractivity contribution in [2.45, 2.75) is 37.4 Å². The molecule has 0 saturated carbocycles. The molecule has 3 unspecified atom stereocenters. The SMILES string of the molecule is NCC(=O)NC(Cc1ccccc1)C(=O)NC(Cc1c[nH]c2ccccc12)C(=O)NC(CC(=O)O)C(=O)O. The summed E-state index contributed by atoms with van der Waals surface area (Å²) in [5.41, 5.74) is 7.61. The Kier molecular flexibility index (Phi) is 9.54. The molecule has 1 aromatic heterocycles. The van der Waals surface area contributed by atoms with E-state index in [-0.39, 0.29) is 19.4 Å². The van der Waals surface area contributed by atoms with Crippen LogP contribution < -0.4 is 21.7 Å². The topological polar surface area (TPSA) is 204 Å². The van der Waals surface area contributed by atoms with Crippen molar-refractivity contribution in [1.82, 2.24) is 20.9 Å². The van der Waals surface area contributed by atoms with E-state index in [2.05, 4.69) is 20.9 Å². The van der Waals surface area contributed by atoms with Gasteiger partial charge in [-0.25, -0.2) is 4.79 Å². The van der Waals surface area contributed by atoms with Crippen molar-refractivity contribution in [1.29, 1.82) is 0 Å². The van der Waals surface area contributed by atoms with Crippen LogP contribution >= 0.6 is 0 Å². The Morgan fingerprint density at radius 2 is 1.39 bits per heavy atom. The lowest BCUT2D eigenvalue weighted by atomic mass is 10.0. The average Bonchev–Trinajstić information content (AvgIpc) is 3.30. The molecule has 0 fully saturated rings. The summed E-state index contributed by atoms with van der Waals surface area (Å²) in [6, 6.07) is 12.1. The molecule has 8 N–H and O–H groups in total. The van der Waals surface area contributed by atoms with Crippen molar-refractivity contribution in [3.63, 3.8) is 0 Å². The molecule has 0 spiro atoms. The monoisotopic (exact) mass is 523 g/mol. The van der Waals surface area contributed by atoms with Crippen LogP contribution in [0.5, 0.6) is 0 Å². The highest BCUT2D eigenvalue weighted by Crippen LogP contribution is 2.19. The minimum atomic E-state index is -1.71. The second kappa shape index (κ2) is 13.0. The van der Waals surface area contributed by atoms with Gasteiger partial charge in [0.1, 0.15) is 18.1 Å². The van der Waals surface area contributed by atoms with Gasteiger partial charge in [0.15, 0.2) is 0 Å². The number of H-pyrrole nitrogens is 1. The number of hydrogen-bond donors (Lipinski definition) is 7. The number of nitrogens with one attached hydrogen (secondary N) is 4. The molecule has 200 valence electrons. The van der Waals surface area contributed by atoms with Gasteiger partial charge in [-0.1, -0.05) is 48.5 Å². The van der Waals surface area contributed by atoms with Crippen LogP contribution in [0, 0.1) is 0 Å². The van der Waals surface area contributed by atoms with Gasteiger partial charge in [0.2, 0.25) is 17.7 Å². The lowest BCUT2D eigenvalue weighted by Gasteiger charge is -2.24. The van der Waals surface area contributed by atoms with Crippen LogP contribution in [0.1, 0.15) is 17.5 Å². The standard InChI is InChI=1S/C26H29N5O7/c27-13-22(32)29-19(10-15-6-2-1-3-7-15)24(35)30-20(25(36)31-21(26(37)38)12-23(33)34)11-16-14-28-18-9-5-4-8-17(16)18/h1-9,14,19-21,28H,10-13,27H2,(H,29,32)(H,30,35)(H,31,36)(H,33,34)(H,37,38). The Morgan fingerprint density at radius 3 is 2.03 bits per heavy atom. The molecule has 0 aliphatic heterocycles. The minimum Gasteiger partial charge on any atom is -0.481 e. The molecule has 0 bridgehead atoms. The Hall–Kier alpha value is -4.71. The Balaban J connectivity index is 1.88. The van der Waals surface area contributed by atoms with Crippen molar-refractivity contribution < 1.29 is 34.2 Å². The molecule has 3 aromatic rings. The molecular formula is C26H29N5O7. The summed E-state index contributed by atoms with van der Waals surface area (Å²) in [5, 5.41) is 26.6. The van der Waals surface area contributed by atoms with Crippen LogP contribution in [0.4, 0.5) is 0 Å². The number of aliphatic carboxylic acids is 2. The fraction of sp³-hybridized carbons (Fsp3) is 0.269. The van der Waals surface area contributed by atoms with E-state index in [1.807, 2.05) is 18.2 Å². The Labute approximate surface area is 217 Å². The number of nitrogens with two attached hydrogens (primary N) is 1. The predicted octanol–water partition coefficient (Wildman–Crippen LogP) is -0.0745. The third-order valence-electron chi connectivity index (χ3n) is 5.85. The first-order valence-electron chi connectivity index (χ1n) is 11.8. The minimum absolute atomic E-state index is 0.0378. The van der Waals surface area contributed by atoms with Gasteiger partial charge >= 0.3 is 11.9 Å². The van der Waals surface area contributed by atoms with Gasteiger partial charge in [0.25, 0.3) is 0 Å². The first-order valence-corrected chi connectivity index (χ1v) is 11.8. The molecule has 3 rings (SSSR count). The van der Waals surface area contributed by atoms with Crippen LogP contribution in [-0.4, -0.2) is 69.5 Å². The van der Waals surface area contributed by atoms with E-state index < -0.39 is 54.2 Å². The van der Waals surface area contributed by atoms with Crippen molar-refractivity contribution in [3.05, 3.63) is 71.9 Å². The summed E-state index contributed by atoms with van der Waals surface area (Å²) < 4.78 is 0. The molecule has 38 heavy (non-hydrogen) atoms. The van der Waals surface area contributed by atoms with Crippen molar-refractivity contribution >= 4 is 40.6 Å². The number of aromatic amines is 1. The van der Waals surface area contributed by atoms with Gasteiger partial charge in [0, 0.05) is 29.9 Å². The highest BCUT2D eigenvalue weighted by atomic mass is 16.4. The van der Waals surface area contributed by atoms with Crippen molar-refractivity contribution in [3.8, 4) is 0 Å². The number of carbonyl (C=O) groups excluding carboxylic acids is 3. The molecule has 2 aromatic carbocycles. The van der Waals surface area contributed by atoms with Crippen LogP contribution in [0.25, 0.3) is 10.9 Å². The summed E-state index contributed by atoms with van der Waals surface area (Å²) in [6.45, 7) is -0.354. The number of hydrogen-bond acceptors (Lipinski definition) is 6.